The molecular weight excluding hydrogens is 628 g/mol. The van der Waals surface area contributed by atoms with Crippen molar-refractivity contribution in [2.24, 2.45) is 0 Å². The highest BCUT2D eigenvalue weighted by Crippen LogP contribution is 2.44. The van der Waals surface area contributed by atoms with Crippen molar-refractivity contribution in [3.63, 3.8) is 0 Å². The molecule has 0 fully saturated rings. The number of benzene rings is 3. The van der Waals surface area contributed by atoms with Crippen LogP contribution in [-0.4, -0.2) is 46.3 Å². The Morgan fingerprint density at radius 2 is 1.64 bits per heavy atom. The monoisotopic (exact) mass is 655 g/mol. The molecule has 8 nitrogen and oxygen atoms in total. The van der Waals surface area contributed by atoms with Crippen LogP contribution in [0.15, 0.2) is 91.0 Å². The molecule has 2 heterocycles. The Bertz CT molecular complexity index is 1850. The van der Waals surface area contributed by atoms with E-state index in [0.29, 0.717) is 40.5 Å². The number of rotatable bonds is 7. The molecule has 3 amide bonds. The summed E-state index contributed by atoms with van der Waals surface area (Å²) >= 11 is 0. The molecule has 1 aliphatic rings. The minimum Gasteiger partial charge on any atom is -0.339 e. The Kier molecular flexibility index (Phi) is 8.96. The zero-order valence-electron chi connectivity index (χ0n) is 24.9. The quantitative estimate of drug-likeness (QED) is 0.174. The summed E-state index contributed by atoms with van der Waals surface area (Å²) in [6, 6.07) is 17.4. The first kappa shape index (κ1) is 33.0. The number of fused-ring (bicyclic) bond motifs is 1. The summed E-state index contributed by atoms with van der Waals surface area (Å²) in [6.45, 7) is 3.57. The van der Waals surface area contributed by atoms with E-state index in [9.17, 15) is 40.7 Å². The van der Waals surface area contributed by atoms with Gasteiger partial charge in [-0.2, -0.15) is 31.4 Å². The van der Waals surface area contributed by atoms with E-state index in [1.165, 1.54) is 29.2 Å². The lowest BCUT2D eigenvalue weighted by molar-refractivity contribution is -0.137. The Balaban J connectivity index is 1.63. The van der Waals surface area contributed by atoms with Gasteiger partial charge in [0.25, 0.3) is 11.8 Å². The zero-order valence-corrected chi connectivity index (χ0v) is 24.9. The molecule has 0 bridgehead atoms. The van der Waals surface area contributed by atoms with Crippen molar-refractivity contribution in [3.05, 3.63) is 119 Å². The number of likely N-dealkylation sites (N-methyl/N-ethyl adjacent to an activating group) is 1. The predicted octanol–water partition coefficient (Wildman–Crippen LogP) is 6.55. The summed E-state index contributed by atoms with van der Waals surface area (Å²) in [5, 5.41) is 9.69. The third-order valence-corrected chi connectivity index (χ3v) is 7.51. The molecular formula is C33H27F6N5O3. The van der Waals surface area contributed by atoms with Gasteiger partial charge in [0.15, 0.2) is 0 Å². The molecule has 5 rings (SSSR count). The zero-order chi connectivity index (χ0) is 34.1. The molecule has 2 atom stereocenters. The summed E-state index contributed by atoms with van der Waals surface area (Å²) in [7, 11) is 0. The highest BCUT2D eigenvalue weighted by molar-refractivity contribution is 6.05. The minimum atomic E-state index is -4.71. The smallest absolute Gasteiger partial charge is 0.339 e. The summed E-state index contributed by atoms with van der Waals surface area (Å²) < 4.78 is 79.7. The van der Waals surface area contributed by atoms with E-state index >= 15 is 0 Å². The van der Waals surface area contributed by atoms with Gasteiger partial charge in [0.1, 0.15) is 11.9 Å². The van der Waals surface area contributed by atoms with Crippen LogP contribution in [0.4, 0.5) is 37.8 Å². The van der Waals surface area contributed by atoms with Crippen molar-refractivity contribution in [2.45, 2.75) is 38.2 Å². The molecule has 0 radical (unpaired) electrons. The number of alkyl halides is 6. The fourth-order valence-corrected chi connectivity index (χ4v) is 5.52. The Hall–Kier alpha value is -5.40. The molecule has 244 valence electrons. The van der Waals surface area contributed by atoms with E-state index in [4.69, 9.17) is 5.10 Å². The number of para-hydroxylation sites is 1. The van der Waals surface area contributed by atoms with Crippen molar-refractivity contribution in [3.8, 4) is 5.69 Å². The van der Waals surface area contributed by atoms with Gasteiger partial charge in [0, 0.05) is 41.4 Å². The molecule has 0 saturated carbocycles. The number of halogens is 6. The highest BCUT2D eigenvalue weighted by atomic mass is 19.4. The number of hydrogen-bond donors (Lipinski definition) is 2. The average Bonchev–Trinajstić information content (AvgIpc) is 3.36. The number of allylic oxidation sites excluding steroid dienone is 1. The number of carbonyl (C=O) groups is 3. The van der Waals surface area contributed by atoms with Gasteiger partial charge in [-0.15, -0.1) is 0 Å². The van der Waals surface area contributed by atoms with Crippen LogP contribution in [-0.2, 0) is 15.8 Å². The maximum atomic E-state index is 14.2. The molecule has 0 unspecified atom stereocenters. The van der Waals surface area contributed by atoms with Gasteiger partial charge in [-0.25, -0.2) is 4.68 Å². The molecule has 3 aromatic carbocycles. The second kappa shape index (κ2) is 12.8. The number of anilines is 2. The molecule has 0 saturated heterocycles. The van der Waals surface area contributed by atoms with Gasteiger partial charge in [0.2, 0.25) is 5.91 Å². The summed E-state index contributed by atoms with van der Waals surface area (Å²) in [6.07, 6.45) is -9.29. The summed E-state index contributed by atoms with van der Waals surface area (Å²) in [5.74, 6) is -3.15. The van der Waals surface area contributed by atoms with Crippen LogP contribution < -0.4 is 15.5 Å². The molecule has 0 aliphatic carbocycles. The van der Waals surface area contributed by atoms with E-state index in [0.717, 1.165) is 12.1 Å². The van der Waals surface area contributed by atoms with Crippen LogP contribution in [0.1, 0.15) is 45.6 Å². The standard InChI is InChI=1S/C33H27F6N5O3/c1-3-43-30-26(19(2)42-44(30)24-13-5-4-6-14-24)27(20-9-8-12-23(18-20)40-25(45)15-16-32(34,35)36)28(31(43)47)41-29(46)21-10-7-11-22(17-21)33(37,38)39/h4-18,27-28H,3H2,1-2H3,(H,40,45)(H,41,46)/b16-15+/t27-,28+/m0/s1. The average molecular weight is 656 g/mol. The molecule has 2 N–H and O–H groups in total. The van der Waals surface area contributed by atoms with Gasteiger partial charge >= 0.3 is 12.4 Å². The largest absolute Gasteiger partial charge is 0.416 e. The maximum Gasteiger partial charge on any atom is 0.416 e. The predicted molar refractivity (Wildman–Crippen MR) is 161 cm³/mol. The number of aryl methyl sites for hydroxylation is 1. The molecule has 0 spiro atoms. The van der Waals surface area contributed by atoms with Crippen LogP contribution in [0.3, 0.4) is 0 Å². The van der Waals surface area contributed by atoms with Crippen LogP contribution in [0.5, 0.6) is 0 Å². The fraction of sp³-hybridized carbons (Fsp3) is 0.212. The van der Waals surface area contributed by atoms with Crippen molar-refractivity contribution in [2.75, 3.05) is 16.8 Å². The lowest BCUT2D eigenvalue weighted by Gasteiger charge is -2.38. The Morgan fingerprint density at radius 1 is 0.936 bits per heavy atom. The first-order chi connectivity index (χ1) is 22.2. The van der Waals surface area contributed by atoms with E-state index in [-0.39, 0.29) is 23.9 Å². The van der Waals surface area contributed by atoms with Crippen molar-refractivity contribution >= 4 is 29.2 Å². The number of nitrogens with one attached hydrogen (secondary N) is 2. The highest BCUT2D eigenvalue weighted by Gasteiger charge is 2.45. The van der Waals surface area contributed by atoms with Crippen LogP contribution in [0.2, 0.25) is 0 Å². The number of carbonyl (C=O) groups excluding carboxylic acids is 3. The van der Waals surface area contributed by atoms with Gasteiger partial charge in [-0.05, 0) is 61.9 Å². The van der Waals surface area contributed by atoms with E-state index in [1.807, 2.05) is 0 Å². The molecule has 4 aromatic rings. The normalized spacial score (nSPS) is 16.7. The third kappa shape index (κ3) is 7.05. The van der Waals surface area contributed by atoms with Crippen LogP contribution in [0.25, 0.3) is 5.69 Å². The summed E-state index contributed by atoms with van der Waals surface area (Å²) in [4.78, 5) is 41.4. The fourth-order valence-electron chi connectivity index (χ4n) is 5.52. The first-order valence-electron chi connectivity index (χ1n) is 14.3. The van der Waals surface area contributed by atoms with E-state index < -0.39 is 47.6 Å². The number of amides is 3. The molecule has 14 heteroatoms. The number of hydrogen-bond acceptors (Lipinski definition) is 4. The van der Waals surface area contributed by atoms with Gasteiger partial charge in [0.05, 0.1) is 16.9 Å². The van der Waals surface area contributed by atoms with Crippen LogP contribution in [0, 0.1) is 6.92 Å². The van der Waals surface area contributed by atoms with Gasteiger partial charge < -0.3 is 10.6 Å². The number of nitrogens with zero attached hydrogens (tertiary/aromatic N) is 3. The van der Waals surface area contributed by atoms with Crippen molar-refractivity contribution in [1.82, 2.24) is 15.1 Å². The van der Waals surface area contributed by atoms with Crippen LogP contribution >= 0.6 is 0 Å². The topological polar surface area (TPSA) is 96.3 Å². The Morgan fingerprint density at radius 3 is 2.30 bits per heavy atom. The van der Waals surface area contributed by atoms with Crippen molar-refractivity contribution < 1.29 is 40.7 Å². The van der Waals surface area contributed by atoms with Gasteiger partial charge in [-0.3, -0.25) is 19.3 Å². The molecule has 1 aromatic heterocycles. The summed E-state index contributed by atoms with van der Waals surface area (Å²) in [5.41, 5.74) is 0.725. The third-order valence-electron chi connectivity index (χ3n) is 7.51. The Labute approximate surface area is 264 Å². The maximum absolute atomic E-state index is 14.2. The SMILES string of the molecule is CCN1C(=O)[C@H](NC(=O)c2cccc(C(F)(F)F)c2)[C@@H](c2cccc(NC(=O)/C=C/C(F)(F)F)c2)c2c(C)nn(-c3ccccc3)c21. The minimum absolute atomic E-state index is 0.0994. The van der Waals surface area contributed by atoms with Crippen molar-refractivity contribution in [1.29, 1.82) is 0 Å². The lowest BCUT2D eigenvalue weighted by Crippen LogP contribution is -2.55. The first-order valence-corrected chi connectivity index (χ1v) is 14.3. The molecule has 47 heavy (non-hydrogen) atoms. The molecule has 1 aliphatic heterocycles. The van der Waals surface area contributed by atoms with E-state index in [2.05, 4.69) is 10.6 Å². The van der Waals surface area contributed by atoms with Gasteiger partial charge in [-0.1, -0.05) is 36.4 Å². The number of aromatic nitrogens is 2. The lowest BCUT2D eigenvalue weighted by atomic mass is 9.81. The second-order valence-electron chi connectivity index (χ2n) is 10.6. The van der Waals surface area contributed by atoms with E-state index in [1.54, 1.807) is 54.9 Å². The second-order valence-corrected chi connectivity index (χ2v) is 10.6.